The summed E-state index contributed by atoms with van der Waals surface area (Å²) >= 11 is 2.76. The Morgan fingerprint density at radius 1 is 0.979 bits per heavy atom. The number of aliphatic hydroxyl groups excluding tert-OH is 1. The first kappa shape index (κ1) is 31.6. The number of aromatic nitrogens is 4. The molecule has 242 valence electrons. The van der Waals surface area contributed by atoms with Crippen molar-refractivity contribution in [2.45, 2.75) is 49.2 Å². The molecule has 9 nitrogen and oxygen atoms in total. The molecule has 0 aliphatic carbocycles. The van der Waals surface area contributed by atoms with Crippen molar-refractivity contribution in [1.29, 1.82) is 0 Å². The van der Waals surface area contributed by atoms with E-state index in [1.54, 1.807) is 17.5 Å². The number of ketones is 1. The lowest BCUT2D eigenvalue weighted by atomic mass is 9.96. The molecule has 0 bridgehead atoms. The molecule has 48 heavy (non-hydrogen) atoms. The van der Waals surface area contributed by atoms with Crippen LogP contribution in [0.3, 0.4) is 0 Å². The number of imidazole rings is 1. The number of carbonyl (C=O) groups excluding carboxylic acids is 2. The molecule has 4 heterocycles. The van der Waals surface area contributed by atoms with E-state index >= 15 is 0 Å². The Bertz CT molecular complexity index is 2180. The Morgan fingerprint density at radius 3 is 2.67 bits per heavy atom. The van der Waals surface area contributed by atoms with Gasteiger partial charge in [-0.3, -0.25) is 18.9 Å². The quantitative estimate of drug-likeness (QED) is 0.0366. The number of pyridine rings is 1. The summed E-state index contributed by atoms with van der Waals surface area (Å²) in [6, 6.07) is 26.3. The van der Waals surface area contributed by atoms with Gasteiger partial charge in [-0.1, -0.05) is 104 Å². The van der Waals surface area contributed by atoms with Gasteiger partial charge in [-0.25, -0.2) is 4.98 Å². The van der Waals surface area contributed by atoms with Crippen LogP contribution in [-0.2, 0) is 15.3 Å². The molecule has 1 unspecified atom stereocenters. The van der Waals surface area contributed by atoms with E-state index in [-0.39, 0.29) is 16.5 Å². The average molecular weight is 676 g/mol. The molecule has 1 aliphatic rings. The molecule has 1 saturated heterocycles. The number of fused-ring (bicyclic) bond motifs is 2. The van der Waals surface area contributed by atoms with Crippen LogP contribution in [0.4, 0.5) is 5.13 Å². The molecule has 1 atom stereocenters. The molecule has 1 N–H and O–H groups in total. The summed E-state index contributed by atoms with van der Waals surface area (Å²) in [6.45, 7) is 4.45. The zero-order chi connectivity index (χ0) is 33.2. The predicted molar refractivity (Wildman–Crippen MR) is 190 cm³/mol. The van der Waals surface area contributed by atoms with Crippen molar-refractivity contribution in [3.63, 3.8) is 0 Å². The normalized spacial score (nSPS) is 16.0. The Hall–Kier alpha value is -5.00. The standard InChI is InChI=1S/C37H33N5O4S2/c1-3-4-9-20-46-27-16-11-14-25(21-27)32-30(33(43)31-23(2)38-29-18-7-8-19-41(29)31)34(44)35(45)42(32)36-39-40-37(48-36)47-22-26-15-10-13-24-12-5-6-17-28(24)26/h5-8,10-19,21,32,43H,3-4,9,20,22H2,1-2H3/b33-30+. The minimum Gasteiger partial charge on any atom is -0.505 e. The summed E-state index contributed by atoms with van der Waals surface area (Å²) < 4.78 is 8.42. The molecule has 0 saturated carbocycles. The summed E-state index contributed by atoms with van der Waals surface area (Å²) in [5.74, 6) is -0.630. The summed E-state index contributed by atoms with van der Waals surface area (Å²) in [7, 11) is 0. The van der Waals surface area contributed by atoms with Crippen LogP contribution in [0.25, 0.3) is 22.2 Å². The third-order valence-corrected chi connectivity index (χ3v) is 10.5. The Labute approximate surface area is 285 Å². The molecular formula is C37H33N5O4S2. The van der Waals surface area contributed by atoms with Gasteiger partial charge >= 0.3 is 5.91 Å². The summed E-state index contributed by atoms with van der Waals surface area (Å²) in [6.07, 6.45) is 4.81. The number of amides is 1. The number of unbranched alkanes of at least 4 members (excludes halogenated alkanes) is 2. The SMILES string of the molecule is CCCCCOc1cccc(C2/C(=C(\O)c3c(C)nc4ccccn34)C(=O)C(=O)N2c2nnc(SCc3cccc4ccccc34)s2)c1. The number of anilines is 1. The lowest BCUT2D eigenvalue weighted by Gasteiger charge is -2.23. The van der Waals surface area contributed by atoms with Crippen LogP contribution in [0.1, 0.15) is 54.7 Å². The number of thioether (sulfide) groups is 1. The van der Waals surface area contributed by atoms with E-state index in [9.17, 15) is 14.7 Å². The third kappa shape index (κ3) is 5.95. The van der Waals surface area contributed by atoms with Gasteiger partial charge in [0.25, 0.3) is 5.78 Å². The number of nitrogens with zero attached hydrogens (tertiary/aromatic N) is 5. The zero-order valence-corrected chi connectivity index (χ0v) is 28.1. The lowest BCUT2D eigenvalue weighted by molar-refractivity contribution is -0.132. The molecule has 1 aliphatic heterocycles. The van der Waals surface area contributed by atoms with E-state index < -0.39 is 17.7 Å². The van der Waals surface area contributed by atoms with Crippen molar-refractivity contribution < 1.29 is 19.4 Å². The van der Waals surface area contributed by atoms with Crippen molar-refractivity contribution in [1.82, 2.24) is 19.6 Å². The summed E-state index contributed by atoms with van der Waals surface area (Å²) in [5.41, 5.74) is 3.22. The van der Waals surface area contributed by atoms with E-state index in [4.69, 9.17) is 4.74 Å². The number of benzene rings is 3. The first-order valence-electron chi connectivity index (χ1n) is 15.9. The highest BCUT2D eigenvalue weighted by Crippen LogP contribution is 2.45. The van der Waals surface area contributed by atoms with Crippen molar-refractivity contribution in [2.24, 2.45) is 0 Å². The topological polar surface area (TPSA) is 110 Å². The Balaban J connectivity index is 1.28. The van der Waals surface area contributed by atoms with Crippen molar-refractivity contribution in [3.05, 3.63) is 119 Å². The van der Waals surface area contributed by atoms with Crippen molar-refractivity contribution >= 4 is 62.1 Å². The number of aryl methyl sites for hydroxylation is 1. The number of carbonyl (C=O) groups is 2. The fraction of sp³-hybridized carbons (Fsp3) is 0.216. The Kier molecular flexibility index (Phi) is 8.96. The van der Waals surface area contributed by atoms with Crippen molar-refractivity contribution in [2.75, 3.05) is 11.5 Å². The second-order valence-electron chi connectivity index (χ2n) is 11.5. The van der Waals surface area contributed by atoms with E-state index in [1.165, 1.54) is 33.4 Å². The van der Waals surface area contributed by atoms with Gasteiger partial charge in [0, 0.05) is 11.9 Å². The first-order chi connectivity index (χ1) is 23.4. The molecule has 3 aromatic heterocycles. The highest BCUT2D eigenvalue weighted by Gasteiger charge is 2.49. The van der Waals surface area contributed by atoms with Crippen LogP contribution in [0.2, 0.25) is 0 Å². The van der Waals surface area contributed by atoms with E-state index in [2.05, 4.69) is 46.4 Å². The van der Waals surface area contributed by atoms with E-state index in [0.29, 0.717) is 45.0 Å². The minimum absolute atomic E-state index is 0.0444. The molecule has 7 rings (SSSR count). The van der Waals surface area contributed by atoms with Gasteiger partial charge in [-0.15, -0.1) is 10.2 Å². The van der Waals surface area contributed by atoms with Gasteiger partial charge in [0.1, 0.15) is 17.1 Å². The van der Waals surface area contributed by atoms with Gasteiger partial charge in [-0.05, 0) is 59.5 Å². The number of ether oxygens (including phenoxy) is 1. The smallest absolute Gasteiger partial charge is 0.301 e. The maximum atomic E-state index is 13.9. The van der Waals surface area contributed by atoms with Crippen LogP contribution >= 0.6 is 23.1 Å². The fourth-order valence-electron chi connectivity index (χ4n) is 6.10. The lowest BCUT2D eigenvalue weighted by Crippen LogP contribution is -2.29. The summed E-state index contributed by atoms with van der Waals surface area (Å²) in [5, 5.41) is 23.3. The molecule has 1 amide bonds. The van der Waals surface area contributed by atoms with Crippen LogP contribution < -0.4 is 9.64 Å². The van der Waals surface area contributed by atoms with Gasteiger partial charge in [0.2, 0.25) is 5.13 Å². The van der Waals surface area contributed by atoms with Crippen molar-refractivity contribution in [3.8, 4) is 5.75 Å². The number of hydrogen-bond donors (Lipinski definition) is 1. The second kappa shape index (κ2) is 13.6. The van der Waals surface area contributed by atoms with Gasteiger partial charge in [0.15, 0.2) is 10.1 Å². The van der Waals surface area contributed by atoms with Gasteiger partial charge in [0.05, 0.1) is 23.9 Å². The zero-order valence-electron chi connectivity index (χ0n) is 26.5. The third-order valence-electron chi connectivity index (χ3n) is 8.40. The monoisotopic (exact) mass is 675 g/mol. The largest absolute Gasteiger partial charge is 0.505 e. The molecule has 1 fully saturated rings. The Morgan fingerprint density at radius 2 is 1.79 bits per heavy atom. The number of hydrogen-bond acceptors (Lipinski definition) is 9. The minimum atomic E-state index is -0.971. The maximum Gasteiger partial charge on any atom is 0.301 e. The van der Waals surface area contributed by atoms with E-state index in [0.717, 1.165) is 30.2 Å². The number of aliphatic hydroxyl groups is 1. The second-order valence-corrected chi connectivity index (χ2v) is 13.7. The maximum absolute atomic E-state index is 13.9. The predicted octanol–water partition coefficient (Wildman–Crippen LogP) is 8.14. The molecule has 6 aromatic rings. The molecular weight excluding hydrogens is 643 g/mol. The molecule has 11 heteroatoms. The fourth-order valence-corrected chi connectivity index (χ4v) is 7.98. The van der Waals surface area contributed by atoms with Crippen LogP contribution in [0, 0.1) is 6.92 Å². The number of Topliss-reactive ketones (excluding diaryl/α,β-unsaturated/α-hetero) is 1. The van der Waals surface area contributed by atoms with Gasteiger partial charge < -0.3 is 9.84 Å². The average Bonchev–Trinajstić information content (AvgIpc) is 3.78. The van der Waals surface area contributed by atoms with Crippen LogP contribution in [0.15, 0.2) is 101 Å². The van der Waals surface area contributed by atoms with Gasteiger partial charge in [-0.2, -0.15) is 0 Å². The van der Waals surface area contributed by atoms with Crippen LogP contribution in [0.5, 0.6) is 5.75 Å². The van der Waals surface area contributed by atoms with Crippen LogP contribution in [-0.4, -0.2) is 43.0 Å². The molecule has 3 aromatic carbocycles. The van der Waals surface area contributed by atoms with E-state index in [1.807, 2.05) is 60.7 Å². The molecule has 0 spiro atoms. The highest BCUT2D eigenvalue weighted by molar-refractivity contribution is 8.00. The first-order valence-corrected chi connectivity index (χ1v) is 17.7. The molecule has 0 radical (unpaired) electrons. The summed E-state index contributed by atoms with van der Waals surface area (Å²) in [4.78, 5) is 33.7. The number of rotatable bonds is 11. The highest BCUT2D eigenvalue weighted by atomic mass is 32.2.